The van der Waals surface area contributed by atoms with E-state index in [1.54, 1.807) is 0 Å². The number of aliphatic hydroxyl groups excluding tert-OH is 1. The van der Waals surface area contributed by atoms with Crippen molar-refractivity contribution in [3.8, 4) is 0 Å². The first-order valence-corrected chi connectivity index (χ1v) is 32.1. The Hall–Kier alpha value is -1.78. The van der Waals surface area contributed by atoms with Gasteiger partial charge in [0.05, 0.1) is 19.8 Å². The molecule has 0 aromatic heterocycles. The van der Waals surface area contributed by atoms with Crippen LogP contribution in [0.1, 0.15) is 316 Å². The van der Waals surface area contributed by atoms with Crippen LogP contribution >= 0.6 is 7.82 Å². The van der Waals surface area contributed by atoms with Crippen molar-refractivity contribution in [1.29, 1.82) is 0 Å². The zero-order chi connectivity index (χ0) is 52.7. The fourth-order valence-electron chi connectivity index (χ4n) is 9.00. The van der Waals surface area contributed by atoms with Crippen LogP contribution in [0.2, 0.25) is 0 Å². The van der Waals surface area contributed by atoms with E-state index >= 15 is 0 Å². The lowest BCUT2D eigenvalue weighted by atomic mass is 10.0. The minimum Gasteiger partial charge on any atom is -0.462 e. The average Bonchev–Trinajstić information content (AvgIpc) is 3.37. The van der Waals surface area contributed by atoms with Crippen molar-refractivity contribution in [2.24, 2.45) is 0 Å². The number of allylic oxidation sites excluding steroid dienone is 2. The van der Waals surface area contributed by atoms with Gasteiger partial charge in [-0.05, 0) is 44.9 Å². The van der Waals surface area contributed by atoms with Crippen molar-refractivity contribution in [2.75, 3.05) is 26.4 Å². The van der Waals surface area contributed by atoms with Crippen molar-refractivity contribution in [2.45, 2.75) is 328 Å². The third kappa shape index (κ3) is 53.1. The maximum Gasteiger partial charge on any atom is 0.472 e. The van der Waals surface area contributed by atoms with Crippen LogP contribution in [0.25, 0.3) is 0 Å². The standard InChI is InChI=1S/C60H115O11P/c1-4-7-10-13-16-19-21-23-25-27-28-30-31-33-35-38-40-43-46-49-58(62)67-53-57(71-60(64)51-48-45-42-39-36-34-32-29-26-24-22-20-17-14-11-8-5-2)55-69-72(65,66)68-54-56(52-61)70-59(63)50-47-44-41-37-18-15-12-9-6-3/h23,25,56-57,61H,4-22,24,26-55H2,1-3H3,(H,65,66)/b25-23-. The first-order chi connectivity index (χ1) is 35.2. The fraction of sp³-hybridized carbons (Fsp3) is 0.917. The quantitative estimate of drug-likeness (QED) is 0.0197. The molecule has 0 saturated carbocycles. The number of phosphoric acid groups is 1. The minimum atomic E-state index is -4.73. The zero-order valence-corrected chi connectivity index (χ0v) is 48.1. The summed E-state index contributed by atoms with van der Waals surface area (Å²) in [6, 6.07) is 0. The van der Waals surface area contributed by atoms with Gasteiger partial charge in [0.1, 0.15) is 12.7 Å². The van der Waals surface area contributed by atoms with Gasteiger partial charge in [0.2, 0.25) is 0 Å². The van der Waals surface area contributed by atoms with E-state index in [0.29, 0.717) is 19.3 Å². The third-order valence-electron chi connectivity index (χ3n) is 13.7. The fourth-order valence-corrected chi connectivity index (χ4v) is 9.78. The van der Waals surface area contributed by atoms with Crippen LogP contribution < -0.4 is 0 Å². The molecular formula is C60H115O11P. The molecule has 0 fully saturated rings. The number of aliphatic hydroxyl groups is 1. The Labute approximate surface area is 443 Å². The molecule has 11 nitrogen and oxygen atoms in total. The average molecular weight is 1040 g/mol. The summed E-state index contributed by atoms with van der Waals surface area (Å²) >= 11 is 0. The Morgan fingerprint density at radius 3 is 0.958 bits per heavy atom. The molecule has 2 N–H and O–H groups in total. The zero-order valence-electron chi connectivity index (χ0n) is 47.2. The van der Waals surface area contributed by atoms with Gasteiger partial charge in [-0.1, -0.05) is 264 Å². The molecule has 3 atom stereocenters. The van der Waals surface area contributed by atoms with Gasteiger partial charge >= 0.3 is 25.7 Å². The molecule has 0 rings (SSSR count). The molecule has 0 bridgehead atoms. The number of esters is 3. The van der Waals surface area contributed by atoms with E-state index in [0.717, 1.165) is 57.8 Å². The number of unbranched alkanes of at least 4 members (excludes halogenated alkanes) is 39. The first-order valence-electron chi connectivity index (χ1n) is 30.6. The van der Waals surface area contributed by atoms with E-state index in [1.807, 2.05) is 0 Å². The minimum absolute atomic E-state index is 0.176. The lowest BCUT2D eigenvalue weighted by Gasteiger charge is -2.21. The highest BCUT2D eigenvalue weighted by atomic mass is 31.2. The maximum atomic E-state index is 12.9. The number of hydrogen-bond donors (Lipinski definition) is 2. The topological polar surface area (TPSA) is 155 Å². The van der Waals surface area contributed by atoms with Crippen LogP contribution in [0.3, 0.4) is 0 Å². The monoisotopic (exact) mass is 1040 g/mol. The second-order valence-corrected chi connectivity index (χ2v) is 22.3. The lowest BCUT2D eigenvalue weighted by molar-refractivity contribution is -0.161. The van der Waals surface area contributed by atoms with Crippen molar-refractivity contribution < 1.29 is 52.2 Å². The number of hydrogen-bond acceptors (Lipinski definition) is 10. The predicted molar refractivity (Wildman–Crippen MR) is 298 cm³/mol. The molecule has 0 aromatic rings. The highest BCUT2D eigenvalue weighted by molar-refractivity contribution is 7.47. The summed E-state index contributed by atoms with van der Waals surface area (Å²) in [5.74, 6) is -1.44. The highest BCUT2D eigenvalue weighted by Gasteiger charge is 2.28. The van der Waals surface area contributed by atoms with Gasteiger partial charge in [-0.25, -0.2) is 4.57 Å². The van der Waals surface area contributed by atoms with Crippen molar-refractivity contribution in [1.82, 2.24) is 0 Å². The molecule has 0 spiro atoms. The number of rotatable bonds is 58. The molecular weight excluding hydrogens is 928 g/mol. The third-order valence-corrected chi connectivity index (χ3v) is 14.6. The number of phosphoric ester groups is 1. The summed E-state index contributed by atoms with van der Waals surface area (Å²) < 4.78 is 39.5. The number of carbonyl (C=O) groups excluding carboxylic acids is 3. The van der Waals surface area contributed by atoms with E-state index in [4.69, 9.17) is 23.3 Å². The van der Waals surface area contributed by atoms with Gasteiger partial charge < -0.3 is 24.2 Å². The second-order valence-electron chi connectivity index (χ2n) is 20.9. The van der Waals surface area contributed by atoms with E-state index in [9.17, 15) is 28.9 Å². The highest BCUT2D eigenvalue weighted by Crippen LogP contribution is 2.43. The molecule has 72 heavy (non-hydrogen) atoms. The van der Waals surface area contributed by atoms with E-state index in [-0.39, 0.29) is 25.9 Å². The van der Waals surface area contributed by atoms with Crippen molar-refractivity contribution in [3.63, 3.8) is 0 Å². The Morgan fingerprint density at radius 1 is 0.375 bits per heavy atom. The molecule has 0 aliphatic carbocycles. The Balaban J connectivity index is 4.63. The molecule has 0 radical (unpaired) electrons. The molecule has 0 aromatic carbocycles. The van der Waals surface area contributed by atoms with Crippen LogP contribution in [0.5, 0.6) is 0 Å². The second kappa shape index (κ2) is 55.5. The first kappa shape index (κ1) is 70.2. The van der Waals surface area contributed by atoms with Crippen molar-refractivity contribution >= 4 is 25.7 Å². The van der Waals surface area contributed by atoms with Gasteiger partial charge in [-0.15, -0.1) is 0 Å². The molecule has 0 aliphatic heterocycles. The van der Waals surface area contributed by atoms with Gasteiger partial charge in [-0.3, -0.25) is 23.4 Å². The summed E-state index contributed by atoms with van der Waals surface area (Å²) in [5, 5.41) is 9.78. The Morgan fingerprint density at radius 2 is 0.639 bits per heavy atom. The predicted octanol–water partition coefficient (Wildman–Crippen LogP) is 18.0. The molecule has 12 heteroatoms. The summed E-state index contributed by atoms with van der Waals surface area (Å²) in [6.07, 6.45) is 54.6. The van der Waals surface area contributed by atoms with Crippen molar-refractivity contribution in [3.05, 3.63) is 12.2 Å². The number of carbonyl (C=O) groups is 3. The lowest BCUT2D eigenvalue weighted by Crippen LogP contribution is -2.30. The Bertz CT molecular complexity index is 1260. The Kier molecular flexibility index (Phi) is 54.1. The SMILES string of the molecule is CCCCCCCC/C=C\CCCCCCCCCCCC(=O)OCC(COP(=O)(O)OCC(CO)OC(=O)CCCCCCCCCCC)OC(=O)CCCCCCCCCCCCCCCCCCC. The van der Waals surface area contributed by atoms with Gasteiger partial charge in [-0.2, -0.15) is 0 Å². The maximum absolute atomic E-state index is 12.9. The van der Waals surface area contributed by atoms with Gasteiger partial charge in [0.15, 0.2) is 6.10 Å². The van der Waals surface area contributed by atoms with Crippen LogP contribution in [-0.4, -0.2) is 66.5 Å². The van der Waals surface area contributed by atoms with Crippen LogP contribution in [0, 0.1) is 0 Å². The summed E-state index contributed by atoms with van der Waals surface area (Å²) in [7, 11) is -4.73. The van der Waals surface area contributed by atoms with Crippen LogP contribution in [-0.2, 0) is 42.2 Å². The molecule has 0 heterocycles. The molecule has 426 valence electrons. The van der Waals surface area contributed by atoms with Crippen LogP contribution in [0.15, 0.2) is 12.2 Å². The molecule has 0 saturated heterocycles. The van der Waals surface area contributed by atoms with E-state index in [1.165, 1.54) is 199 Å². The molecule has 3 unspecified atom stereocenters. The van der Waals surface area contributed by atoms with Crippen LogP contribution in [0.4, 0.5) is 0 Å². The summed E-state index contributed by atoms with van der Waals surface area (Å²) in [6.45, 7) is 4.68. The summed E-state index contributed by atoms with van der Waals surface area (Å²) in [4.78, 5) is 48.5. The smallest absolute Gasteiger partial charge is 0.462 e. The van der Waals surface area contributed by atoms with Gasteiger partial charge in [0, 0.05) is 19.3 Å². The van der Waals surface area contributed by atoms with E-state index < -0.39 is 57.8 Å². The molecule has 0 amide bonds. The normalized spacial score (nSPS) is 13.3. The van der Waals surface area contributed by atoms with Gasteiger partial charge in [0.25, 0.3) is 0 Å². The van der Waals surface area contributed by atoms with E-state index in [2.05, 4.69) is 32.9 Å². The summed E-state index contributed by atoms with van der Waals surface area (Å²) in [5.41, 5.74) is 0. The number of ether oxygens (including phenoxy) is 3. The molecule has 0 aliphatic rings. The largest absolute Gasteiger partial charge is 0.472 e.